The molecule has 0 saturated carbocycles. The SMILES string of the molecule is CC(CNc1cnc(N)cn1)N1CCCC1. The fourth-order valence-electron chi connectivity index (χ4n) is 1.99. The first-order valence-electron chi connectivity index (χ1n) is 5.81. The van der Waals surface area contributed by atoms with Crippen molar-refractivity contribution in [2.24, 2.45) is 0 Å². The molecule has 1 unspecified atom stereocenters. The Labute approximate surface area is 96.1 Å². The number of nitrogens with zero attached hydrogens (tertiary/aromatic N) is 3. The number of anilines is 2. The molecule has 0 amide bonds. The summed E-state index contributed by atoms with van der Waals surface area (Å²) in [6.07, 6.45) is 5.90. The summed E-state index contributed by atoms with van der Waals surface area (Å²) in [5.74, 6) is 1.25. The summed E-state index contributed by atoms with van der Waals surface area (Å²) in [5.41, 5.74) is 5.47. The van der Waals surface area contributed by atoms with Crippen LogP contribution in [-0.4, -0.2) is 40.5 Å². The molecule has 1 saturated heterocycles. The van der Waals surface area contributed by atoms with Gasteiger partial charge in [-0.3, -0.25) is 4.90 Å². The molecule has 1 aromatic rings. The van der Waals surface area contributed by atoms with E-state index in [2.05, 4.69) is 27.1 Å². The number of likely N-dealkylation sites (tertiary alicyclic amines) is 1. The first-order chi connectivity index (χ1) is 7.75. The fraction of sp³-hybridized carbons (Fsp3) is 0.636. The molecule has 0 spiro atoms. The van der Waals surface area contributed by atoms with Gasteiger partial charge in [0.25, 0.3) is 0 Å². The van der Waals surface area contributed by atoms with Crippen molar-refractivity contribution >= 4 is 11.6 Å². The van der Waals surface area contributed by atoms with Crippen LogP contribution < -0.4 is 11.1 Å². The van der Waals surface area contributed by atoms with Crippen LogP contribution in [0.15, 0.2) is 12.4 Å². The third kappa shape index (κ3) is 2.82. The van der Waals surface area contributed by atoms with Crippen LogP contribution in [0.25, 0.3) is 0 Å². The summed E-state index contributed by atoms with van der Waals surface area (Å²) >= 11 is 0. The summed E-state index contributed by atoms with van der Waals surface area (Å²) in [6.45, 7) is 5.58. The Kier molecular flexibility index (Phi) is 3.56. The molecule has 1 aliphatic heterocycles. The van der Waals surface area contributed by atoms with Gasteiger partial charge in [-0.1, -0.05) is 0 Å². The van der Waals surface area contributed by atoms with E-state index in [9.17, 15) is 0 Å². The number of hydrogen-bond donors (Lipinski definition) is 2. The van der Waals surface area contributed by atoms with E-state index in [0.717, 1.165) is 12.4 Å². The zero-order valence-corrected chi connectivity index (χ0v) is 9.69. The van der Waals surface area contributed by atoms with Crippen molar-refractivity contribution in [1.82, 2.24) is 14.9 Å². The smallest absolute Gasteiger partial charge is 0.144 e. The molecule has 1 aliphatic rings. The highest BCUT2D eigenvalue weighted by atomic mass is 15.2. The zero-order chi connectivity index (χ0) is 11.4. The van der Waals surface area contributed by atoms with E-state index in [1.165, 1.54) is 25.9 Å². The van der Waals surface area contributed by atoms with Crippen molar-refractivity contribution < 1.29 is 0 Å². The number of nitrogens with one attached hydrogen (secondary N) is 1. The average Bonchev–Trinajstić information content (AvgIpc) is 2.81. The number of aromatic nitrogens is 2. The first-order valence-corrected chi connectivity index (χ1v) is 5.81. The minimum atomic E-state index is 0.457. The van der Waals surface area contributed by atoms with Crippen molar-refractivity contribution in [2.45, 2.75) is 25.8 Å². The van der Waals surface area contributed by atoms with Crippen LogP contribution in [0.2, 0.25) is 0 Å². The van der Waals surface area contributed by atoms with Crippen molar-refractivity contribution in [3.63, 3.8) is 0 Å². The molecule has 3 N–H and O–H groups in total. The van der Waals surface area contributed by atoms with Gasteiger partial charge in [0.05, 0.1) is 12.4 Å². The molecule has 0 bridgehead atoms. The maximum Gasteiger partial charge on any atom is 0.144 e. The molecule has 16 heavy (non-hydrogen) atoms. The van der Waals surface area contributed by atoms with E-state index in [4.69, 9.17) is 5.73 Å². The van der Waals surface area contributed by atoms with Crippen LogP contribution in [-0.2, 0) is 0 Å². The van der Waals surface area contributed by atoms with Crippen LogP contribution in [0, 0.1) is 0 Å². The van der Waals surface area contributed by atoms with Gasteiger partial charge in [-0.15, -0.1) is 0 Å². The predicted molar refractivity (Wildman–Crippen MR) is 65.2 cm³/mol. The van der Waals surface area contributed by atoms with E-state index in [-0.39, 0.29) is 0 Å². The van der Waals surface area contributed by atoms with E-state index < -0.39 is 0 Å². The van der Waals surface area contributed by atoms with E-state index in [1.807, 2.05) is 0 Å². The molecule has 0 aromatic carbocycles. The summed E-state index contributed by atoms with van der Waals surface area (Å²) in [4.78, 5) is 10.7. The number of hydrogen-bond acceptors (Lipinski definition) is 5. The third-order valence-electron chi connectivity index (χ3n) is 3.01. The molecule has 1 fully saturated rings. The van der Waals surface area contributed by atoms with Gasteiger partial charge in [0.15, 0.2) is 0 Å². The molecule has 2 heterocycles. The lowest BCUT2D eigenvalue weighted by atomic mass is 10.3. The lowest BCUT2D eigenvalue weighted by Crippen LogP contribution is -2.35. The molecule has 88 valence electrons. The molecule has 5 nitrogen and oxygen atoms in total. The normalized spacial score (nSPS) is 18.6. The average molecular weight is 221 g/mol. The van der Waals surface area contributed by atoms with Gasteiger partial charge >= 0.3 is 0 Å². The van der Waals surface area contributed by atoms with Crippen LogP contribution >= 0.6 is 0 Å². The molecule has 1 atom stereocenters. The number of nitrogens with two attached hydrogens (primary N) is 1. The molecule has 1 aromatic heterocycles. The Morgan fingerprint density at radius 2 is 2.12 bits per heavy atom. The van der Waals surface area contributed by atoms with Gasteiger partial charge in [0.2, 0.25) is 0 Å². The summed E-state index contributed by atoms with van der Waals surface area (Å²) < 4.78 is 0. The summed E-state index contributed by atoms with van der Waals surface area (Å²) in [6, 6.07) is 0.543. The van der Waals surface area contributed by atoms with Gasteiger partial charge in [-0.25, -0.2) is 9.97 Å². The van der Waals surface area contributed by atoms with Gasteiger partial charge < -0.3 is 11.1 Å². The van der Waals surface area contributed by atoms with Crippen LogP contribution in [0.5, 0.6) is 0 Å². The molecule has 5 heteroatoms. The topological polar surface area (TPSA) is 67.1 Å². The van der Waals surface area contributed by atoms with Gasteiger partial charge in [0, 0.05) is 12.6 Å². The highest BCUT2D eigenvalue weighted by molar-refractivity contribution is 5.35. The molecule has 0 radical (unpaired) electrons. The highest BCUT2D eigenvalue weighted by Gasteiger charge is 2.17. The standard InChI is InChI=1S/C11H19N5/c1-9(16-4-2-3-5-16)6-14-11-8-13-10(12)7-15-11/h7-9H,2-6H2,1H3,(H2,12,13)(H,14,15). The highest BCUT2D eigenvalue weighted by Crippen LogP contribution is 2.12. The minimum absolute atomic E-state index is 0.457. The summed E-state index contributed by atoms with van der Waals surface area (Å²) in [7, 11) is 0. The molecule has 0 aliphatic carbocycles. The second-order valence-corrected chi connectivity index (χ2v) is 4.30. The maximum atomic E-state index is 5.47. The third-order valence-corrected chi connectivity index (χ3v) is 3.01. The number of rotatable bonds is 4. The lowest BCUT2D eigenvalue weighted by molar-refractivity contribution is 0.269. The van der Waals surface area contributed by atoms with Gasteiger partial charge in [-0.05, 0) is 32.9 Å². The van der Waals surface area contributed by atoms with Gasteiger partial charge in [0.1, 0.15) is 11.6 Å². The minimum Gasteiger partial charge on any atom is -0.382 e. The monoisotopic (exact) mass is 221 g/mol. The molecular weight excluding hydrogens is 202 g/mol. The Hall–Kier alpha value is -1.36. The molecular formula is C11H19N5. The zero-order valence-electron chi connectivity index (χ0n) is 9.69. The van der Waals surface area contributed by atoms with Crippen molar-refractivity contribution in [2.75, 3.05) is 30.7 Å². The Morgan fingerprint density at radius 3 is 2.75 bits per heavy atom. The number of nitrogen functional groups attached to an aromatic ring is 1. The van der Waals surface area contributed by atoms with Gasteiger partial charge in [-0.2, -0.15) is 0 Å². The largest absolute Gasteiger partial charge is 0.382 e. The van der Waals surface area contributed by atoms with Crippen LogP contribution in [0.3, 0.4) is 0 Å². The first kappa shape index (κ1) is 11.1. The predicted octanol–water partition coefficient (Wildman–Crippen LogP) is 0.955. The van der Waals surface area contributed by atoms with Crippen molar-refractivity contribution in [1.29, 1.82) is 0 Å². The van der Waals surface area contributed by atoms with Crippen LogP contribution in [0.4, 0.5) is 11.6 Å². The second-order valence-electron chi connectivity index (χ2n) is 4.30. The Morgan fingerprint density at radius 1 is 1.38 bits per heavy atom. The van der Waals surface area contributed by atoms with Crippen molar-refractivity contribution in [3.8, 4) is 0 Å². The summed E-state index contributed by atoms with van der Waals surface area (Å²) in [5, 5.41) is 3.28. The van der Waals surface area contributed by atoms with E-state index in [0.29, 0.717) is 11.9 Å². The maximum absolute atomic E-state index is 5.47. The molecule has 2 rings (SSSR count). The van der Waals surface area contributed by atoms with Crippen molar-refractivity contribution in [3.05, 3.63) is 12.4 Å². The fourth-order valence-corrected chi connectivity index (χ4v) is 1.99. The van der Waals surface area contributed by atoms with E-state index in [1.54, 1.807) is 12.4 Å². The van der Waals surface area contributed by atoms with E-state index >= 15 is 0 Å². The quantitative estimate of drug-likeness (QED) is 0.792. The second kappa shape index (κ2) is 5.12. The lowest BCUT2D eigenvalue weighted by Gasteiger charge is -2.23. The Bertz CT molecular complexity index is 318. The Balaban J connectivity index is 1.80. The van der Waals surface area contributed by atoms with Crippen LogP contribution in [0.1, 0.15) is 19.8 Å².